The highest BCUT2D eigenvalue weighted by molar-refractivity contribution is 7.80. The van der Waals surface area contributed by atoms with Gasteiger partial charge in [-0.25, -0.2) is 0 Å². The molecule has 0 aliphatic carbocycles. The van der Waals surface area contributed by atoms with Crippen molar-refractivity contribution in [1.29, 1.82) is 0 Å². The van der Waals surface area contributed by atoms with Crippen LogP contribution in [0.2, 0.25) is 0 Å². The van der Waals surface area contributed by atoms with Crippen LogP contribution in [0.3, 0.4) is 0 Å². The van der Waals surface area contributed by atoms with Crippen molar-refractivity contribution < 1.29 is 0 Å². The zero-order chi connectivity index (χ0) is 9.90. The van der Waals surface area contributed by atoms with Crippen LogP contribution in [0.25, 0.3) is 0 Å². The second kappa shape index (κ2) is 4.01. The van der Waals surface area contributed by atoms with Gasteiger partial charge in [0.05, 0.1) is 0 Å². The third kappa shape index (κ3) is 3.27. The van der Waals surface area contributed by atoms with Gasteiger partial charge in [0.2, 0.25) is 0 Å². The molecule has 0 saturated heterocycles. The van der Waals surface area contributed by atoms with E-state index in [0.29, 0.717) is 0 Å². The summed E-state index contributed by atoms with van der Waals surface area (Å²) < 4.78 is 2.01. The van der Waals surface area contributed by atoms with Crippen molar-refractivity contribution in [1.82, 2.24) is 4.57 Å². The molecule has 0 aliphatic heterocycles. The Morgan fingerprint density at radius 1 is 1.38 bits per heavy atom. The first-order valence-corrected chi connectivity index (χ1v) is 4.94. The molecule has 0 spiro atoms. The first-order chi connectivity index (χ1) is 6.03. The van der Waals surface area contributed by atoms with E-state index in [1.165, 1.54) is 0 Å². The van der Waals surface area contributed by atoms with Crippen molar-refractivity contribution in [3.63, 3.8) is 0 Å². The first kappa shape index (κ1) is 10.4. The molecule has 1 rings (SSSR count). The van der Waals surface area contributed by atoms with Gasteiger partial charge < -0.3 is 4.57 Å². The molecule has 72 valence electrons. The van der Waals surface area contributed by atoms with Crippen LogP contribution in [0, 0.1) is 5.41 Å². The summed E-state index contributed by atoms with van der Waals surface area (Å²) in [4.78, 5) is 10.8. The molecule has 1 heterocycles. The molecule has 1 aromatic rings. The monoisotopic (exact) mass is 197 g/mol. The van der Waals surface area contributed by atoms with Crippen LogP contribution >= 0.6 is 12.6 Å². The van der Waals surface area contributed by atoms with Crippen molar-refractivity contribution in [2.24, 2.45) is 5.41 Å². The molecular weight excluding hydrogens is 182 g/mol. The van der Waals surface area contributed by atoms with E-state index >= 15 is 0 Å². The average Bonchev–Trinajstić information content (AvgIpc) is 2.09. The van der Waals surface area contributed by atoms with Crippen molar-refractivity contribution >= 4 is 12.6 Å². The van der Waals surface area contributed by atoms with Crippen molar-refractivity contribution in [2.75, 3.05) is 5.75 Å². The van der Waals surface area contributed by atoms with E-state index in [1.54, 1.807) is 12.1 Å². The highest BCUT2D eigenvalue weighted by Crippen LogP contribution is 2.18. The summed E-state index contributed by atoms with van der Waals surface area (Å²) in [7, 11) is 0. The minimum atomic E-state index is 0.0555. The molecule has 0 fully saturated rings. The number of aromatic nitrogens is 1. The largest absolute Gasteiger partial charge is 0.353 e. The Labute approximate surface area is 84.0 Å². The van der Waals surface area contributed by atoms with Crippen LogP contribution in [-0.4, -0.2) is 10.3 Å². The first-order valence-electron chi connectivity index (χ1n) is 4.30. The van der Waals surface area contributed by atoms with E-state index in [2.05, 4.69) is 26.5 Å². The van der Waals surface area contributed by atoms with Crippen LogP contribution < -0.4 is 5.43 Å². The summed E-state index contributed by atoms with van der Waals surface area (Å²) in [5, 5.41) is 0. The van der Waals surface area contributed by atoms with Gasteiger partial charge in [-0.05, 0) is 11.2 Å². The van der Waals surface area contributed by atoms with Crippen LogP contribution in [-0.2, 0) is 6.54 Å². The molecule has 13 heavy (non-hydrogen) atoms. The molecule has 0 N–H and O–H groups in total. The van der Waals surface area contributed by atoms with E-state index in [-0.39, 0.29) is 10.8 Å². The summed E-state index contributed by atoms with van der Waals surface area (Å²) in [6.45, 7) is 5.19. The van der Waals surface area contributed by atoms with Crippen molar-refractivity contribution in [3.8, 4) is 0 Å². The van der Waals surface area contributed by atoms with Gasteiger partial charge in [0.15, 0.2) is 5.43 Å². The van der Waals surface area contributed by atoms with E-state index < -0.39 is 0 Å². The Hall–Kier alpha value is -0.700. The van der Waals surface area contributed by atoms with Crippen molar-refractivity contribution in [2.45, 2.75) is 20.4 Å². The highest BCUT2D eigenvalue weighted by Gasteiger charge is 2.15. The maximum atomic E-state index is 10.8. The van der Waals surface area contributed by atoms with Crippen LogP contribution in [0.15, 0.2) is 29.3 Å². The standard InChI is InChI=1S/C10H15NOS/c1-10(2,8-13)7-11-5-3-9(12)4-6-11/h3-6,13H,7-8H2,1-2H3. The van der Waals surface area contributed by atoms with Gasteiger partial charge in [0.25, 0.3) is 0 Å². The minimum absolute atomic E-state index is 0.0555. The predicted molar refractivity (Wildman–Crippen MR) is 58.3 cm³/mol. The van der Waals surface area contributed by atoms with Crippen LogP contribution in [0.4, 0.5) is 0 Å². The fraction of sp³-hybridized carbons (Fsp3) is 0.500. The quantitative estimate of drug-likeness (QED) is 0.733. The topological polar surface area (TPSA) is 22.0 Å². The molecule has 0 radical (unpaired) electrons. The number of hydrogen-bond donors (Lipinski definition) is 1. The van der Waals surface area contributed by atoms with E-state index in [0.717, 1.165) is 12.3 Å². The number of rotatable bonds is 3. The number of nitrogens with zero attached hydrogens (tertiary/aromatic N) is 1. The Morgan fingerprint density at radius 3 is 2.38 bits per heavy atom. The summed E-state index contributed by atoms with van der Waals surface area (Å²) in [5.41, 5.74) is 0.220. The molecule has 0 amide bonds. The third-order valence-electron chi connectivity index (χ3n) is 1.90. The third-order valence-corrected chi connectivity index (χ3v) is 2.76. The zero-order valence-electron chi connectivity index (χ0n) is 8.03. The fourth-order valence-corrected chi connectivity index (χ4v) is 1.19. The molecule has 3 heteroatoms. The van der Waals surface area contributed by atoms with Crippen molar-refractivity contribution in [3.05, 3.63) is 34.7 Å². The van der Waals surface area contributed by atoms with Gasteiger partial charge >= 0.3 is 0 Å². The average molecular weight is 197 g/mol. The second-order valence-electron chi connectivity index (χ2n) is 4.03. The summed E-state index contributed by atoms with van der Waals surface area (Å²) in [5.74, 6) is 0.832. The lowest BCUT2D eigenvalue weighted by Gasteiger charge is -2.23. The lowest BCUT2D eigenvalue weighted by molar-refractivity contribution is 0.352. The molecule has 0 aliphatic rings. The van der Waals surface area contributed by atoms with E-state index in [4.69, 9.17) is 0 Å². The Kier molecular flexibility index (Phi) is 3.20. The molecule has 0 bridgehead atoms. The molecule has 1 aromatic heterocycles. The lowest BCUT2D eigenvalue weighted by atomic mass is 9.96. The molecule has 0 saturated carbocycles. The van der Waals surface area contributed by atoms with Crippen LogP contribution in [0.1, 0.15) is 13.8 Å². The Balaban J connectivity index is 2.75. The Bertz CT molecular complexity index is 309. The van der Waals surface area contributed by atoms with E-state index in [1.807, 2.05) is 17.0 Å². The minimum Gasteiger partial charge on any atom is -0.353 e. The molecule has 0 aromatic carbocycles. The van der Waals surface area contributed by atoms with Crippen LogP contribution in [0.5, 0.6) is 0 Å². The fourth-order valence-electron chi connectivity index (χ4n) is 1.09. The number of pyridine rings is 1. The molecule has 2 nitrogen and oxygen atoms in total. The number of thiol groups is 1. The lowest BCUT2D eigenvalue weighted by Crippen LogP contribution is -2.21. The SMILES string of the molecule is CC(C)(CS)Cn1ccc(=O)cc1. The smallest absolute Gasteiger partial charge is 0.181 e. The van der Waals surface area contributed by atoms with Gasteiger partial charge in [0, 0.05) is 31.1 Å². The molecule has 0 unspecified atom stereocenters. The van der Waals surface area contributed by atoms with Gasteiger partial charge in [-0.3, -0.25) is 4.79 Å². The normalized spacial score (nSPS) is 11.6. The van der Waals surface area contributed by atoms with E-state index in [9.17, 15) is 4.79 Å². The van der Waals surface area contributed by atoms with Gasteiger partial charge in [-0.2, -0.15) is 12.6 Å². The Morgan fingerprint density at radius 2 is 1.92 bits per heavy atom. The summed E-state index contributed by atoms with van der Waals surface area (Å²) in [6.07, 6.45) is 3.63. The maximum Gasteiger partial charge on any atom is 0.181 e. The second-order valence-corrected chi connectivity index (χ2v) is 4.34. The van der Waals surface area contributed by atoms with Gasteiger partial charge in [0.1, 0.15) is 0 Å². The summed E-state index contributed by atoms with van der Waals surface area (Å²) in [6, 6.07) is 3.16. The number of hydrogen-bond acceptors (Lipinski definition) is 2. The zero-order valence-corrected chi connectivity index (χ0v) is 8.92. The summed E-state index contributed by atoms with van der Waals surface area (Å²) >= 11 is 4.28. The maximum absolute atomic E-state index is 10.8. The predicted octanol–water partition coefficient (Wildman–Crippen LogP) is 1.80. The van der Waals surface area contributed by atoms with Gasteiger partial charge in [-0.1, -0.05) is 13.8 Å². The molecular formula is C10H15NOS. The highest BCUT2D eigenvalue weighted by atomic mass is 32.1. The van der Waals surface area contributed by atoms with Gasteiger partial charge in [-0.15, -0.1) is 0 Å². The molecule has 0 atom stereocenters.